The molecule has 0 unspecified atom stereocenters. The van der Waals surface area contributed by atoms with Gasteiger partial charge in [0.1, 0.15) is 0 Å². The maximum absolute atomic E-state index is 8.34. The fraction of sp³-hybridized carbons (Fsp3) is 1.00. The Balaban J connectivity index is 0. The summed E-state index contributed by atoms with van der Waals surface area (Å²) in [7, 11) is 0. The molecule has 0 radical (unpaired) electrons. The van der Waals surface area contributed by atoms with Gasteiger partial charge in [0.15, 0.2) is 0 Å². The minimum Gasteiger partial charge on any atom is -0.394 e. The molecule has 0 aliphatic rings. The first kappa shape index (κ1) is 17.1. The highest BCUT2D eigenvalue weighted by Crippen LogP contribution is 1.93. The van der Waals surface area contributed by atoms with Crippen molar-refractivity contribution >= 4 is 0 Å². The highest BCUT2D eigenvalue weighted by molar-refractivity contribution is 4.80. The van der Waals surface area contributed by atoms with Crippen LogP contribution in [-0.2, 0) is 0 Å². The van der Waals surface area contributed by atoms with Crippen molar-refractivity contribution in [3.63, 3.8) is 0 Å². The van der Waals surface area contributed by atoms with E-state index in [1.54, 1.807) is 6.92 Å². The number of aliphatic hydroxyl groups excluding tert-OH is 5. The van der Waals surface area contributed by atoms with Gasteiger partial charge >= 0.3 is 0 Å². The molecule has 0 amide bonds. The predicted octanol–water partition coefficient (Wildman–Crippen LogP) is -3.65. The van der Waals surface area contributed by atoms with E-state index in [9.17, 15) is 0 Å². The molecule has 9 N–H and O–H groups in total. The Morgan fingerprint density at radius 2 is 1.00 bits per heavy atom. The molecule has 0 bridgehead atoms. The maximum atomic E-state index is 8.34. The number of hydrogen-bond donors (Lipinski definition) is 7. The Bertz CT molecular complexity index is 136. The molecule has 0 heterocycles. The first-order valence-electron chi connectivity index (χ1n) is 4.43. The summed E-state index contributed by atoms with van der Waals surface area (Å²) in [4.78, 5) is 0. The van der Waals surface area contributed by atoms with Gasteiger partial charge in [0.25, 0.3) is 0 Å². The highest BCUT2D eigenvalue weighted by atomic mass is 16.3. The summed E-state index contributed by atoms with van der Waals surface area (Å²) in [6, 6.07) is 0. The van der Waals surface area contributed by atoms with Crippen LogP contribution in [0.15, 0.2) is 0 Å². The zero-order chi connectivity index (χ0) is 12.5. The third-order valence-corrected chi connectivity index (χ3v) is 1.67. The van der Waals surface area contributed by atoms with Gasteiger partial charge < -0.3 is 37.0 Å². The Kier molecular flexibility index (Phi) is 9.07. The summed E-state index contributed by atoms with van der Waals surface area (Å²) in [6.07, 6.45) is 0. The Hall–Kier alpha value is -0.280. The molecular weight excluding hydrogens is 204 g/mol. The van der Waals surface area contributed by atoms with Crippen LogP contribution in [0, 0.1) is 0 Å². The molecule has 0 spiro atoms. The van der Waals surface area contributed by atoms with Crippen molar-refractivity contribution in [2.75, 3.05) is 33.0 Å². The number of nitrogens with two attached hydrogens (primary N) is 2. The van der Waals surface area contributed by atoms with Gasteiger partial charge in [-0.25, -0.2) is 0 Å². The molecular formula is C8H22N2O5. The average molecular weight is 226 g/mol. The van der Waals surface area contributed by atoms with Crippen LogP contribution in [0.1, 0.15) is 6.92 Å². The minimum absolute atomic E-state index is 0.177. The summed E-state index contributed by atoms with van der Waals surface area (Å²) in [6.45, 7) is 0.0139. The molecule has 7 nitrogen and oxygen atoms in total. The lowest BCUT2D eigenvalue weighted by molar-refractivity contribution is 0.0698. The third-order valence-electron chi connectivity index (χ3n) is 1.67. The van der Waals surface area contributed by atoms with E-state index in [1.165, 1.54) is 0 Å². The molecule has 0 atom stereocenters. The molecule has 0 aromatic heterocycles. The van der Waals surface area contributed by atoms with Crippen molar-refractivity contribution in [1.82, 2.24) is 0 Å². The first-order chi connectivity index (χ1) is 6.80. The van der Waals surface area contributed by atoms with Crippen LogP contribution in [0.5, 0.6) is 0 Å². The van der Waals surface area contributed by atoms with Crippen molar-refractivity contribution in [2.24, 2.45) is 11.5 Å². The van der Waals surface area contributed by atoms with E-state index < -0.39 is 30.9 Å². The van der Waals surface area contributed by atoms with Crippen molar-refractivity contribution in [3.05, 3.63) is 0 Å². The molecule has 0 aliphatic carbocycles. The van der Waals surface area contributed by atoms with Crippen LogP contribution in [0.4, 0.5) is 0 Å². The summed E-state index contributed by atoms with van der Waals surface area (Å²) >= 11 is 0. The van der Waals surface area contributed by atoms with Gasteiger partial charge in [-0.05, 0) is 6.92 Å². The van der Waals surface area contributed by atoms with Crippen molar-refractivity contribution in [1.29, 1.82) is 0 Å². The van der Waals surface area contributed by atoms with Gasteiger partial charge in [-0.3, -0.25) is 0 Å². The average Bonchev–Trinajstić information content (AvgIpc) is 2.29. The largest absolute Gasteiger partial charge is 0.394 e. The second kappa shape index (κ2) is 7.94. The van der Waals surface area contributed by atoms with Crippen LogP contribution < -0.4 is 11.5 Å². The van der Waals surface area contributed by atoms with Crippen molar-refractivity contribution in [2.45, 2.75) is 18.0 Å². The maximum Gasteiger partial charge on any atom is 0.0856 e. The standard InChI is InChI=1S/C4H11NO3.C4H11NO2/c5-4(1-6,2-7)3-8;1-4(5,2-6)3-7/h6-8H,1-3,5H2;6-7H,2-3,5H2,1H3. The molecule has 0 saturated carbocycles. The van der Waals surface area contributed by atoms with Crippen LogP contribution in [0.2, 0.25) is 0 Å². The lowest BCUT2D eigenvalue weighted by Gasteiger charge is -2.20. The molecule has 0 saturated heterocycles. The van der Waals surface area contributed by atoms with Crippen LogP contribution in [0.3, 0.4) is 0 Å². The van der Waals surface area contributed by atoms with E-state index in [0.29, 0.717) is 0 Å². The van der Waals surface area contributed by atoms with Gasteiger partial charge in [-0.1, -0.05) is 0 Å². The number of rotatable bonds is 5. The molecule has 94 valence electrons. The normalized spacial score (nSPS) is 12.0. The van der Waals surface area contributed by atoms with Crippen LogP contribution in [0.25, 0.3) is 0 Å². The Labute approximate surface area is 89.0 Å². The second-order valence-corrected chi connectivity index (χ2v) is 3.81. The lowest BCUT2D eigenvalue weighted by Crippen LogP contribution is -2.50. The molecule has 0 aromatic carbocycles. The zero-order valence-corrected chi connectivity index (χ0v) is 8.93. The van der Waals surface area contributed by atoms with E-state index in [4.69, 9.17) is 37.0 Å². The molecule has 7 heteroatoms. The van der Waals surface area contributed by atoms with E-state index in [1.807, 2.05) is 0 Å². The van der Waals surface area contributed by atoms with Crippen molar-refractivity contribution in [3.8, 4) is 0 Å². The molecule has 0 rings (SSSR count). The number of hydrogen-bond acceptors (Lipinski definition) is 7. The fourth-order valence-corrected chi connectivity index (χ4v) is 0.200. The van der Waals surface area contributed by atoms with Crippen LogP contribution in [-0.4, -0.2) is 69.6 Å². The molecule has 0 aromatic rings. The van der Waals surface area contributed by atoms with E-state index in [0.717, 1.165) is 0 Å². The molecule has 0 fully saturated rings. The SMILES string of the molecule is CC(N)(CO)CO.NC(CO)(CO)CO. The topological polar surface area (TPSA) is 153 Å². The van der Waals surface area contributed by atoms with E-state index >= 15 is 0 Å². The van der Waals surface area contributed by atoms with Gasteiger partial charge in [0.05, 0.1) is 44.1 Å². The summed E-state index contributed by atoms with van der Waals surface area (Å²) in [5.74, 6) is 0. The van der Waals surface area contributed by atoms with Gasteiger partial charge in [-0.15, -0.1) is 0 Å². The predicted molar refractivity (Wildman–Crippen MR) is 54.9 cm³/mol. The highest BCUT2D eigenvalue weighted by Gasteiger charge is 2.20. The summed E-state index contributed by atoms with van der Waals surface area (Å²) < 4.78 is 0. The second-order valence-electron chi connectivity index (χ2n) is 3.81. The van der Waals surface area contributed by atoms with Gasteiger partial charge in [-0.2, -0.15) is 0 Å². The monoisotopic (exact) mass is 226 g/mol. The Morgan fingerprint density at radius 3 is 1.00 bits per heavy atom. The first-order valence-corrected chi connectivity index (χ1v) is 4.43. The van der Waals surface area contributed by atoms with E-state index in [2.05, 4.69) is 0 Å². The zero-order valence-electron chi connectivity index (χ0n) is 8.93. The number of aliphatic hydroxyl groups is 5. The fourth-order valence-electron chi connectivity index (χ4n) is 0.200. The van der Waals surface area contributed by atoms with Gasteiger partial charge in [0, 0.05) is 0 Å². The lowest BCUT2D eigenvalue weighted by atomic mass is 10.1. The van der Waals surface area contributed by atoms with Gasteiger partial charge in [0.2, 0.25) is 0 Å². The molecule has 0 aliphatic heterocycles. The van der Waals surface area contributed by atoms with E-state index in [-0.39, 0.29) is 13.2 Å². The quantitative estimate of drug-likeness (QED) is 0.255. The summed E-state index contributed by atoms with van der Waals surface area (Å²) in [5.41, 5.74) is 8.35. The summed E-state index contributed by atoms with van der Waals surface area (Å²) in [5, 5.41) is 41.6. The molecule has 15 heavy (non-hydrogen) atoms. The smallest absolute Gasteiger partial charge is 0.0856 e. The Morgan fingerprint density at radius 1 is 0.733 bits per heavy atom. The third kappa shape index (κ3) is 8.70. The van der Waals surface area contributed by atoms with Crippen LogP contribution >= 0.6 is 0 Å². The van der Waals surface area contributed by atoms with Crippen molar-refractivity contribution < 1.29 is 25.5 Å². The minimum atomic E-state index is -1.21.